The molecule has 6 heteroatoms. The molecule has 106 valence electrons. The molecule has 0 bridgehead atoms. The number of nitrogens with two attached hydrogens (primary N) is 2. The van der Waals surface area contributed by atoms with Crippen LogP contribution in [-0.4, -0.2) is 15.0 Å². The first kappa shape index (κ1) is 13.1. The maximum Gasteiger partial charge on any atom is 0.151 e. The van der Waals surface area contributed by atoms with Crippen molar-refractivity contribution in [2.75, 3.05) is 16.8 Å². The monoisotopic (exact) mass is 280 g/mol. The van der Waals surface area contributed by atoms with E-state index in [0.29, 0.717) is 11.5 Å². The lowest BCUT2D eigenvalue weighted by Crippen LogP contribution is -2.00. The van der Waals surface area contributed by atoms with E-state index in [4.69, 9.17) is 11.5 Å². The van der Waals surface area contributed by atoms with Crippen molar-refractivity contribution in [2.45, 2.75) is 13.8 Å². The number of anilines is 4. The van der Waals surface area contributed by atoms with Crippen molar-refractivity contribution < 1.29 is 0 Å². The van der Waals surface area contributed by atoms with Crippen LogP contribution in [0.4, 0.5) is 23.0 Å². The molecule has 0 unspecified atom stereocenters. The number of fused-ring (bicyclic) bond motifs is 1. The molecule has 6 nitrogen and oxygen atoms in total. The molecule has 2 aromatic heterocycles. The number of aryl methyl sites for hydroxylation is 2. The maximum absolute atomic E-state index is 5.99. The number of rotatable bonds is 2. The summed E-state index contributed by atoms with van der Waals surface area (Å²) in [5, 5.41) is 4.10. The summed E-state index contributed by atoms with van der Waals surface area (Å²) in [5.74, 6) is 1.14. The normalized spacial score (nSPS) is 10.8. The van der Waals surface area contributed by atoms with E-state index < -0.39 is 0 Å². The number of hydrogen-bond acceptors (Lipinski definition) is 6. The van der Waals surface area contributed by atoms with Gasteiger partial charge in [-0.25, -0.2) is 9.97 Å². The summed E-state index contributed by atoms with van der Waals surface area (Å²) < 4.78 is 0. The van der Waals surface area contributed by atoms with Crippen LogP contribution in [0.5, 0.6) is 0 Å². The van der Waals surface area contributed by atoms with Crippen molar-refractivity contribution in [1.29, 1.82) is 0 Å². The molecule has 0 saturated carbocycles. The Morgan fingerprint density at radius 1 is 1.05 bits per heavy atom. The number of nitrogens with zero attached hydrogens (tertiary/aromatic N) is 3. The number of nitrogen functional groups attached to an aromatic ring is 2. The largest absolute Gasteiger partial charge is 0.398 e. The van der Waals surface area contributed by atoms with E-state index in [-0.39, 0.29) is 0 Å². The summed E-state index contributed by atoms with van der Waals surface area (Å²) in [4.78, 5) is 13.0. The highest BCUT2D eigenvalue weighted by molar-refractivity contribution is 5.94. The summed E-state index contributed by atoms with van der Waals surface area (Å²) in [6.07, 6.45) is 1.73. The Hall–Kier alpha value is -2.89. The molecule has 0 spiro atoms. The van der Waals surface area contributed by atoms with Crippen molar-refractivity contribution >= 4 is 33.9 Å². The highest BCUT2D eigenvalue weighted by Crippen LogP contribution is 2.26. The summed E-state index contributed by atoms with van der Waals surface area (Å²) in [5.41, 5.74) is 15.7. The van der Waals surface area contributed by atoms with E-state index >= 15 is 0 Å². The predicted octanol–water partition coefficient (Wildman–Crippen LogP) is 2.55. The molecule has 0 fully saturated rings. The van der Waals surface area contributed by atoms with Gasteiger partial charge in [-0.3, -0.25) is 4.98 Å². The maximum atomic E-state index is 5.99. The number of aromatic nitrogens is 3. The smallest absolute Gasteiger partial charge is 0.151 e. The lowest BCUT2D eigenvalue weighted by Gasteiger charge is -2.10. The summed E-state index contributed by atoms with van der Waals surface area (Å²) >= 11 is 0. The molecule has 3 aromatic rings. The minimum absolute atomic E-state index is 0.418. The minimum Gasteiger partial charge on any atom is -0.398 e. The van der Waals surface area contributed by atoms with Gasteiger partial charge in [0.25, 0.3) is 0 Å². The van der Waals surface area contributed by atoms with E-state index in [2.05, 4.69) is 20.3 Å². The zero-order valence-electron chi connectivity index (χ0n) is 11.9. The van der Waals surface area contributed by atoms with Crippen molar-refractivity contribution in [1.82, 2.24) is 15.0 Å². The quantitative estimate of drug-likeness (QED) is 0.666. The van der Waals surface area contributed by atoms with Crippen molar-refractivity contribution in [3.63, 3.8) is 0 Å². The third-order valence-electron chi connectivity index (χ3n) is 3.19. The summed E-state index contributed by atoms with van der Waals surface area (Å²) in [6, 6.07) is 7.37. The topological polar surface area (TPSA) is 103 Å². The van der Waals surface area contributed by atoms with Crippen LogP contribution >= 0.6 is 0 Å². The van der Waals surface area contributed by atoms with Gasteiger partial charge in [0.1, 0.15) is 5.82 Å². The van der Waals surface area contributed by atoms with Crippen LogP contribution in [-0.2, 0) is 0 Å². The van der Waals surface area contributed by atoms with Crippen LogP contribution in [0.1, 0.15) is 11.4 Å². The Morgan fingerprint density at radius 3 is 2.62 bits per heavy atom. The molecule has 3 rings (SSSR count). The molecule has 5 N–H and O–H groups in total. The second kappa shape index (κ2) is 4.90. The molecule has 1 aromatic carbocycles. The Kier molecular flexibility index (Phi) is 3.06. The Labute approximate surface area is 122 Å². The zero-order valence-corrected chi connectivity index (χ0v) is 11.9. The molecule has 0 aliphatic rings. The van der Waals surface area contributed by atoms with Gasteiger partial charge in [-0.05, 0) is 32.0 Å². The van der Waals surface area contributed by atoms with Gasteiger partial charge in [0.15, 0.2) is 5.82 Å². The molecular weight excluding hydrogens is 264 g/mol. The van der Waals surface area contributed by atoms with Gasteiger partial charge in [-0.1, -0.05) is 0 Å². The molecule has 21 heavy (non-hydrogen) atoms. The van der Waals surface area contributed by atoms with Crippen molar-refractivity contribution in [3.05, 3.63) is 41.9 Å². The Morgan fingerprint density at radius 2 is 1.86 bits per heavy atom. The standard InChI is InChI=1S/C15H16N6/c1-8-7-18-15(9(2)19-8)20-10-3-4-13-11(5-10)12(16)6-14(17)21-13/h3-7H,1-2H3,(H,18,20)(H4,16,17,21). The average molecular weight is 280 g/mol. The van der Waals surface area contributed by atoms with Gasteiger partial charge >= 0.3 is 0 Å². The predicted molar refractivity (Wildman–Crippen MR) is 85.4 cm³/mol. The first-order valence-corrected chi connectivity index (χ1v) is 6.56. The second-order valence-corrected chi connectivity index (χ2v) is 4.94. The number of hydrogen-bond donors (Lipinski definition) is 3. The molecule has 0 aliphatic heterocycles. The molecule has 0 radical (unpaired) electrons. The number of nitrogens with one attached hydrogen (secondary N) is 1. The van der Waals surface area contributed by atoms with Crippen LogP contribution < -0.4 is 16.8 Å². The molecule has 0 atom stereocenters. The lowest BCUT2D eigenvalue weighted by molar-refractivity contribution is 1.06. The Bertz CT molecular complexity index is 828. The average Bonchev–Trinajstić information content (AvgIpc) is 2.42. The van der Waals surface area contributed by atoms with Gasteiger partial charge in [0.2, 0.25) is 0 Å². The van der Waals surface area contributed by atoms with E-state index in [1.165, 1.54) is 0 Å². The number of benzene rings is 1. The van der Waals surface area contributed by atoms with E-state index in [9.17, 15) is 0 Å². The molecule has 2 heterocycles. The highest BCUT2D eigenvalue weighted by atomic mass is 15.0. The first-order valence-electron chi connectivity index (χ1n) is 6.56. The highest BCUT2D eigenvalue weighted by Gasteiger charge is 2.06. The van der Waals surface area contributed by atoms with E-state index in [0.717, 1.165) is 33.8 Å². The zero-order chi connectivity index (χ0) is 15.0. The van der Waals surface area contributed by atoms with Crippen LogP contribution in [0.25, 0.3) is 10.9 Å². The molecule has 0 amide bonds. The van der Waals surface area contributed by atoms with Crippen LogP contribution in [0.15, 0.2) is 30.5 Å². The fraction of sp³-hybridized carbons (Fsp3) is 0.133. The lowest BCUT2D eigenvalue weighted by atomic mass is 10.1. The third kappa shape index (κ3) is 2.55. The molecular formula is C15H16N6. The molecule has 0 saturated heterocycles. The Balaban J connectivity index is 2.01. The SMILES string of the molecule is Cc1cnc(Nc2ccc3nc(N)cc(N)c3c2)c(C)n1. The summed E-state index contributed by atoms with van der Waals surface area (Å²) in [6.45, 7) is 3.83. The van der Waals surface area contributed by atoms with Crippen LogP contribution in [0.3, 0.4) is 0 Å². The van der Waals surface area contributed by atoms with Gasteiger partial charge in [0.05, 0.1) is 23.1 Å². The fourth-order valence-corrected chi connectivity index (χ4v) is 2.21. The minimum atomic E-state index is 0.418. The fourth-order valence-electron chi connectivity index (χ4n) is 2.21. The van der Waals surface area contributed by atoms with E-state index in [1.54, 1.807) is 12.3 Å². The van der Waals surface area contributed by atoms with Gasteiger partial charge < -0.3 is 16.8 Å². The van der Waals surface area contributed by atoms with Gasteiger partial charge in [0, 0.05) is 22.8 Å². The van der Waals surface area contributed by atoms with Crippen molar-refractivity contribution in [2.24, 2.45) is 0 Å². The second-order valence-electron chi connectivity index (χ2n) is 4.94. The van der Waals surface area contributed by atoms with E-state index in [1.807, 2.05) is 32.0 Å². The number of pyridine rings is 1. The third-order valence-corrected chi connectivity index (χ3v) is 3.19. The summed E-state index contributed by atoms with van der Waals surface area (Å²) in [7, 11) is 0. The van der Waals surface area contributed by atoms with Crippen LogP contribution in [0, 0.1) is 13.8 Å². The van der Waals surface area contributed by atoms with Crippen LogP contribution in [0.2, 0.25) is 0 Å². The van der Waals surface area contributed by atoms with Crippen molar-refractivity contribution in [3.8, 4) is 0 Å². The molecule has 0 aliphatic carbocycles. The van der Waals surface area contributed by atoms with Gasteiger partial charge in [-0.2, -0.15) is 0 Å². The first-order chi connectivity index (χ1) is 10.0. The van der Waals surface area contributed by atoms with Gasteiger partial charge in [-0.15, -0.1) is 0 Å².